The smallest absolute Gasteiger partial charge is 0.225 e. The Bertz CT molecular complexity index is 633. The number of nitrogens with one attached hydrogen (secondary N) is 1. The van der Waals surface area contributed by atoms with E-state index in [2.05, 4.69) is 39.1 Å². The highest BCUT2D eigenvalue weighted by molar-refractivity contribution is 5.78. The van der Waals surface area contributed by atoms with Crippen LogP contribution in [0.4, 0.5) is 0 Å². The van der Waals surface area contributed by atoms with Crippen molar-refractivity contribution in [3.8, 4) is 0 Å². The van der Waals surface area contributed by atoms with Crippen LogP contribution in [0.15, 0.2) is 42.7 Å². The van der Waals surface area contributed by atoms with Gasteiger partial charge in [0.05, 0.1) is 19.1 Å². The minimum absolute atomic E-state index is 0.0137. The first-order valence-electron chi connectivity index (χ1n) is 8.72. The Kier molecular flexibility index (Phi) is 6.01. The van der Waals surface area contributed by atoms with Crippen molar-refractivity contribution in [2.45, 2.75) is 38.8 Å². The maximum absolute atomic E-state index is 12.2. The first kappa shape index (κ1) is 16.7. The Morgan fingerprint density at radius 2 is 2.21 bits per heavy atom. The summed E-state index contributed by atoms with van der Waals surface area (Å²) in [5, 5.41) is 3.00. The van der Waals surface area contributed by atoms with E-state index in [1.165, 1.54) is 5.56 Å². The highest BCUT2D eigenvalue weighted by atomic mass is 16.5. The van der Waals surface area contributed by atoms with Crippen molar-refractivity contribution in [2.24, 2.45) is 5.92 Å². The van der Waals surface area contributed by atoms with Gasteiger partial charge in [0, 0.05) is 25.5 Å². The molecule has 1 atom stereocenters. The summed E-state index contributed by atoms with van der Waals surface area (Å²) >= 11 is 0. The van der Waals surface area contributed by atoms with Gasteiger partial charge < -0.3 is 14.6 Å². The third kappa shape index (κ3) is 4.68. The van der Waals surface area contributed by atoms with Crippen molar-refractivity contribution < 1.29 is 9.53 Å². The molecule has 5 nitrogen and oxygen atoms in total. The fourth-order valence-electron chi connectivity index (χ4n) is 3.07. The summed E-state index contributed by atoms with van der Waals surface area (Å²) < 4.78 is 7.50. The molecule has 0 aliphatic carbocycles. The minimum Gasteiger partial charge on any atom is -0.381 e. The second-order valence-electron chi connectivity index (χ2n) is 6.26. The van der Waals surface area contributed by atoms with Crippen molar-refractivity contribution in [2.75, 3.05) is 13.2 Å². The summed E-state index contributed by atoms with van der Waals surface area (Å²) in [6, 6.07) is 10.5. The van der Waals surface area contributed by atoms with Gasteiger partial charge in [-0.1, -0.05) is 30.3 Å². The number of imidazole rings is 1. The highest BCUT2D eigenvalue weighted by Crippen LogP contribution is 2.13. The molecule has 128 valence electrons. The normalized spacial score (nSPS) is 17.6. The molecule has 3 rings (SSSR count). The van der Waals surface area contributed by atoms with E-state index < -0.39 is 0 Å². The molecule has 5 heteroatoms. The van der Waals surface area contributed by atoms with E-state index >= 15 is 0 Å². The van der Waals surface area contributed by atoms with Crippen LogP contribution in [-0.2, 0) is 29.0 Å². The predicted molar refractivity (Wildman–Crippen MR) is 92.4 cm³/mol. The summed E-state index contributed by atoms with van der Waals surface area (Å²) in [6.45, 7) is 2.70. The van der Waals surface area contributed by atoms with Crippen LogP contribution in [0.2, 0.25) is 0 Å². The lowest BCUT2D eigenvalue weighted by Gasteiger charge is -2.21. The number of aryl methyl sites for hydroxylation is 2. The van der Waals surface area contributed by atoms with Crippen molar-refractivity contribution in [1.29, 1.82) is 0 Å². The molecular weight excluding hydrogens is 302 g/mol. The second-order valence-corrected chi connectivity index (χ2v) is 6.26. The van der Waals surface area contributed by atoms with E-state index in [1.54, 1.807) is 6.20 Å². The van der Waals surface area contributed by atoms with Gasteiger partial charge in [-0.05, 0) is 31.2 Å². The molecule has 1 aliphatic rings. The number of amides is 1. The zero-order chi connectivity index (χ0) is 16.6. The molecule has 0 bridgehead atoms. The topological polar surface area (TPSA) is 56.2 Å². The number of nitrogens with zero attached hydrogens (tertiary/aromatic N) is 2. The Balaban J connectivity index is 1.45. The predicted octanol–water partition coefficient (Wildman–Crippen LogP) is 2.56. The first-order chi connectivity index (χ1) is 11.8. The van der Waals surface area contributed by atoms with Gasteiger partial charge in [-0.2, -0.15) is 0 Å². The van der Waals surface area contributed by atoms with Gasteiger partial charge in [-0.25, -0.2) is 4.98 Å². The van der Waals surface area contributed by atoms with Crippen LogP contribution in [0.5, 0.6) is 0 Å². The van der Waals surface area contributed by atoms with Gasteiger partial charge in [-0.3, -0.25) is 4.79 Å². The van der Waals surface area contributed by atoms with Gasteiger partial charge in [0.1, 0.15) is 5.82 Å². The number of ether oxygens (including phenoxy) is 1. The summed E-state index contributed by atoms with van der Waals surface area (Å²) in [7, 11) is 0. The molecule has 2 heterocycles. The highest BCUT2D eigenvalue weighted by Gasteiger charge is 2.21. The fourth-order valence-corrected chi connectivity index (χ4v) is 3.07. The number of carbonyl (C=O) groups is 1. The van der Waals surface area contributed by atoms with E-state index in [-0.39, 0.29) is 11.8 Å². The van der Waals surface area contributed by atoms with Crippen LogP contribution < -0.4 is 5.32 Å². The molecule has 0 spiro atoms. The van der Waals surface area contributed by atoms with Crippen LogP contribution in [-0.4, -0.2) is 28.7 Å². The maximum atomic E-state index is 12.2. The molecule has 1 fully saturated rings. The molecule has 0 radical (unpaired) electrons. The standard InChI is InChI=1S/C19H25N3O2/c23-19(17-9-5-13-24-15-17)21-14-18-20-10-12-22(18)11-4-8-16-6-2-1-3-7-16/h1-3,6-7,10,12,17H,4-5,8-9,11,13-15H2,(H,21,23)/t17-/m1/s1. The number of aromatic nitrogens is 2. The lowest BCUT2D eigenvalue weighted by Crippen LogP contribution is -2.35. The van der Waals surface area contributed by atoms with Crippen molar-refractivity contribution in [3.05, 3.63) is 54.1 Å². The molecule has 2 aromatic rings. The summed E-state index contributed by atoms with van der Waals surface area (Å²) in [5.41, 5.74) is 1.35. The Morgan fingerprint density at radius 1 is 1.33 bits per heavy atom. The van der Waals surface area contributed by atoms with Gasteiger partial charge in [0.15, 0.2) is 0 Å². The number of hydrogen-bond donors (Lipinski definition) is 1. The average Bonchev–Trinajstić information content (AvgIpc) is 3.09. The molecule has 0 saturated carbocycles. The van der Waals surface area contributed by atoms with E-state index in [1.807, 2.05) is 12.3 Å². The van der Waals surface area contributed by atoms with Gasteiger partial charge in [0.25, 0.3) is 0 Å². The second kappa shape index (κ2) is 8.64. The molecule has 1 aromatic heterocycles. The first-order valence-corrected chi connectivity index (χ1v) is 8.72. The van der Waals surface area contributed by atoms with Crippen molar-refractivity contribution in [3.63, 3.8) is 0 Å². The molecule has 1 amide bonds. The molecule has 1 saturated heterocycles. The Hall–Kier alpha value is -2.14. The van der Waals surface area contributed by atoms with Crippen LogP contribution in [0.1, 0.15) is 30.7 Å². The Morgan fingerprint density at radius 3 is 3.00 bits per heavy atom. The monoisotopic (exact) mass is 327 g/mol. The fraction of sp³-hybridized carbons (Fsp3) is 0.474. The minimum atomic E-state index is -0.0137. The van der Waals surface area contributed by atoms with Gasteiger partial charge in [-0.15, -0.1) is 0 Å². The summed E-state index contributed by atoms with van der Waals surface area (Å²) in [6.07, 6.45) is 7.76. The van der Waals surface area contributed by atoms with Crippen LogP contribution in [0.3, 0.4) is 0 Å². The lowest BCUT2D eigenvalue weighted by atomic mass is 10.0. The van der Waals surface area contributed by atoms with Gasteiger partial charge in [0.2, 0.25) is 5.91 Å². The van der Waals surface area contributed by atoms with E-state index in [4.69, 9.17) is 4.74 Å². The van der Waals surface area contributed by atoms with Crippen LogP contribution in [0.25, 0.3) is 0 Å². The number of rotatable bonds is 7. The Labute approximate surface area is 143 Å². The molecule has 0 unspecified atom stereocenters. The largest absolute Gasteiger partial charge is 0.381 e. The number of hydrogen-bond acceptors (Lipinski definition) is 3. The third-order valence-electron chi connectivity index (χ3n) is 4.46. The SMILES string of the molecule is O=C(NCc1nccn1CCCc1ccccc1)[C@@H]1CCCOC1. The molecular formula is C19H25N3O2. The molecule has 1 aromatic carbocycles. The van der Waals surface area contributed by atoms with E-state index in [9.17, 15) is 4.79 Å². The molecule has 1 aliphatic heterocycles. The number of benzene rings is 1. The molecule has 24 heavy (non-hydrogen) atoms. The molecule has 1 N–H and O–H groups in total. The van der Waals surface area contributed by atoms with E-state index in [0.717, 1.165) is 44.7 Å². The zero-order valence-electron chi connectivity index (χ0n) is 14.0. The number of carbonyl (C=O) groups excluding carboxylic acids is 1. The lowest BCUT2D eigenvalue weighted by molar-refractivity contribution is -0.129. The van der Waals surface area contributed by atoms with Crippen LogP contribution >= 0.6 is 0 Å². The van der Waals surface area contributed by atoms with E-state index in [0.29, 0.717) is 13.2 Å². The summed E-state index contributed by atoms with van der Waals surface area (Å²) in [5.74, 6) is 0.974. The van der Waals surface area contributed by atoms with Crippen LogP contribution in [0, 0.1) is 5.92 Å². The summed E-state index contributed by atoms with van der Waals surface area (Å²) in [4.78, 5) is 16.6. The van der Waals surface area contributed by atoms with Gasteiger partial charge >= 0.3 is 0 Å². The maximum Gasteiger partial charge on any atom is 0.225 e. The van der Waals surface area contributed by atoms with Crippen molar-refractivity contribution in [1.82, 2.24) is 14.9 Å². The quantitative estimate of drug-likeness (QED) is 0.850. The average molecular weight is 327 g/mol. The third-order valence-corrected chi connectivity index (χ3v) is 4.46. The van der Waals surface area contributed by atoms with Crippen molar-refractivity contribution >= 4 is 5.91 Å². The zero-order valence-corrected chi connectivity index (χ0v) is 14.0.